The summed E-state index contributed by atoms with van der Waals surface area (Å²) in [5.41, 5.74) is 0. The van der Waals surface area contributed by atoms with E-state index in [-0.39, 0.29) is 48.9 Å². The number of carbonyl (C=O) groups excluding carboxylic acids is 1. The van der Waals surface area contributed by atoms with Gasteiger partial charge in [0.05, 0.1) is 22.9 Å². The first-order chi connectivity index (χ1) is 14.5. The molecule has 1 saturated heterocycles. The highest BCUT2D eigenvalue weighted by molar-refractivity contribution is 7.98. The summed E-state index contributed by atoms with van der Waals surface area (Å²) in [5, 5.41) is 2.57. The van der Waals surface area contributed by atoms with Crippen molar-refractivity contribution in [1.29, 1.82) is 0 Å². The Morgan fingerprint density at radius 3 is 2.35 bits per heavy atom. The molecular weight excluding hydrogens is 462 g/mol. The average Bonchev–Trinajstić information content (AvgIpc) is 2.70. The predicted molar refractivity (Wildman–Crippen MR) is 122 cm³/mol. The van der Waals surface area contributed by atoms with Gasteiger partial charge in [-0.05, 0) is 44.4 Å². The molecule has 0 aromatic heterocycles. The van der Waals surface area contributed by atoms with Crippen molar-refractivity contribution in [2.75, 3.05) is 37.4 Å². The number of rotatable bonds is 11. The lowest BCUT2D eigenvalue weighted by Gasteiger charge is -2.34. The number of ether oxygens (including phenoxy) is 1. The Hall–Kier alpha value is -1.18. The van der Waals surface area contributed by atoms with Crippen LogP contribution in [-0.4, -0.2) is 82.7 Å². The Labute approximate surface area is 189 Å². The molecule has 3 atom stereocenters. The zero-order chi connectivity index (χ0) is 23.1. The van der Waals surface area contributed by atoms with E-state index < -0.39 is 32.0 Å². The van der Waals surface area contributed by atoms with Gasteiger partial charge < -0.3 is 10.1 Å². The van der Waals surface area contributed by atoms with Gasteiger partial charge in [-0.3, -0.25) is 4.79 Å². The third-order valence-electron chi connectivity index (χ3n) is 4.72. The molecule has 1 aromatic carbocycles. The van der Waals surface area contributed by atoms with Crippen LogP contribution in [0.4, 0.5) is 0 Å². The Morgan fingerprint density at radius 1 is 1.16 bits per heavy atom. The summed E-state index contributed by atoms with van der Waals surface area (Å²) in [6, 6.07) is 6.80. The van der Waals surface area contributed by atoms with Gasteiger partial charge in [0, 0.05) is 19.6 Å². The second kappa shape index (κ2) is 11.6. The number of hydrogen-bond acceptors (Lipinski definition) is 7. The van der Waals surface area contributed by atoms with Crippen LogP contribution in [0.15, 0.2) is 35.2 Å². The molecule has 31 heavy (non-hydrogen) atoms. The first kappa shape index (κ1) is 26.1. The van der Waals surface area contributed by atoms with Gasteiger partial charge in [-0.1, -0.05) is 18.2 Å². The molecular formula is C19H31N3O6S3. The maximum atomic E-state index is 12.6. The van der Waals surface area contributed by atoms with Crippen LogP contribution in [0.5, 0.6) is 0 Å². The van der Waals surface area contributed by atoms with Gasteiger partial charge in [-0.2, -0.15) is 20.8 Å². The number of nitrogens with zero attached hydrogens (tertiary/aromatic N) is 1. The van der Waals surface area contributed by atoms with Crippen molar-refractivity contribution in [2.45, 2.75) is 43.4 Å². The Morgan fingerprint density at radius 2 is 1.77 bits per heavy atom. The van der Waals surface area contributed by atoms with E-state index in [4.69, 9.17) is 4.74 Å². The van der Waals surface area contributed by atoms with Crippen LogP contribution in [0, 0.1) is 0 Å². The second-order valence-electron chi connectivity index (χ2n) is 7.45. The van der Waals surface area contributed by atoms with E-state index in [0.717, 1.165) is 0 Å². The molecule has 1 fully saturated rings. The van der Waals surface area contributed by atoms with E-state index in [0.29, 0.717) is 5.75 Å². The van der Waals surface area contributed by atoms with Crippen molar-refractivity contribution in [3.05, 3.63) is 30.3 Å². The van der Waals surface area contributed by atoms with Crippen LogP contribution in [0.2, 0.25) is 0 Å². The number of thioether (sulfide) groups is 1. The number of benzene rings is 1. The average molecular weight is 494 g/mol. The van der Waals surface area contributed by atoms with Crippen LogP contribution < -0.4 is 10.0 Å². The van der Waals surface area contributed by atoms with Gasteiger partial charge in [-0.15, -0.1) is 0 Å². The fourth-order valence-corrected chi connectivity index (χ4v) is 6.46. The van der Waals surface area contributed by atoms with E-state index >= 15 is 0 Å². The van der Waals surface area contributed by atoms with Gasteiger partial charge >= 0.3 is 0 Å². The molecule has 0 saturated carbocycles. The van der Waals surface area contributed by atoms with Crippen molar-refractivity contribution in [3.63, 3.8) is 0 Å². The Kier molecular flexibility index (Phi) is 9.77. The summed E-state index contributed by atoms with van der Waals surface area (Å²) in [7, 11) is -7.45. The molecule has 1 heterocycles. The largest absolute Gasteiger partial charge is 0.373 e. The monoisotopic (exact) mass is 493 g/mol. The number of morpholine rings is 1. The lowest BCUT2D eigenvalue weighted by Crippen LogP contribution is -2.51. The first-order valence-corrected chi connectivity index (χ1v) is 14.5. The summed E-state index contributed by atoms with van der Waals surface area (Å²) in [6.45, 7) is 4.07. The molecule has 0 bridgehead atoms. The summed E-state index contributed by atoms with van der Waals surface area (Å²) >= 11 is 1.49. The van der Waals surface area contributed by atoms with E-state index in [1.54, 1.807) is 18.2 Å². The van der Waals surface area contributed by atoms with E-state index in [2.05, 4.69) is 10.0 Å². The minimum Gasteiger partial charge on any atom is -0.373 e. The standard InChI is InChI=1S/C19H31N3O6S3/c1-15-13-22(14-16(2)28-15)30(24,25)12-10-20-19(23)18(9-11-29-3)21-31(26,27)17-7-5-4-6-8-17/h4-8,15-16,18,21H,9-14H2,1-3H3,(H,20,23). The van der Waals surface area contributed by atoms with Crippen molar-refractivity contribution >= 4 is 37.7 Å². The molecule has 2 N–H and O–H groups in total. The van der Waals surface area contributed by atoms with Crippen molar-refractivity contribution in [3.8, 4) is 0 Å². The van der Waals surface area contributed by atoms with E-state index in [9.17, 15) is 21.6 Å². The smallest absolute Gasteiger partial charge is 0.241 e. The summed E-state index contributed by atoms with van der Waals surface area (Å²) in [5.74, 6) is -0.247. The molecule has 1 amide bonds. The molecule has 2 rings (SSSR count). The SMILES string of the molecule is CSCCC(NS(=O)(=O)c1ccccc1)C(=O)NCCS(=O)(=O)N1CC(C)OC(C)C1. The van der Waals surface area contributed by atoms with Gasteiger partial charge in [-0.25, -0.2) is 16.8 Å². The fourth-order valence-electron chi connectivity index (χ4n) is 3.25. The van der Waals surface area contributed by atoms with Crippen LogP contribution in [0.1, 0.15) is 20.3 Å². The third-order valence-corrected chi connectivity index (χ3v) is 8.65. The maximum Gasteiger partial charge on any atom is 0.241 e. The van der Waals surface area contributed by atoms with E-state index in [1.165, 1.54) is 28.2 Å². The molecule has 0 aliphatic carbocycles. The topological polar surface area (TPSA) is 122 Å². The van der Waals surface area contributed by atoms with Crippen LogP contribution >= 0.6 is 11.8 Å². The van der Waals surface area contributed by atoms with Crippen LogP contribution in [-0.2, 0) is 29.6 Å². The minimum atomic E-state index is -3.88. The zero-order valence-corrected chi connectivity index (χ0v) is 20.4. The van der Waals surface area contributed by atoms with Crippen LogP contribution in [0.25, 0.3) is 0 Å². The Bertz CT molecular complexity index is 914. The Balaban J connectivity index is 1.97. The van der Waals surface area contributed by atoms with Crippen molar-refractivity contribution in [1.82, 2.24) is 14.3 Å². The molecule has 9 nitrogen and oxygen atoms in total. The molecule has 176 valence electrons. The van der Waals surface area contributed by atoms with E-state index in [1.807, 2.05) is 20.1 Å². The molecule has 0 radical (unpaired) electrons. The highest BCUT2D eigenvalue weighted by Gasteiger charge is 2.31. The predicted octanol–water partition coefficient (Wildman–Crippen LogP) is 0.642. The molecule has 1 aliphatic heterocycles. The maximum absolute atomic E-state index is 12.6. The number of carbonyl (C=O) groups is 1. The highest BCUT2D eigenvalue weighted by atomic mass is 32.2. The first-order valence-electron chi connectivity index (χ1n) is 10.0. The molecule has 3 unspecified atom stereocenters. The highest BCUT2D eigenvalue weighted by Crippen LogP contribution is 2.15. The molecule has 0 spiro atoms. The molecule has 12 heteroatoms. The van der Waals surface area contributed by atoms with Gasteiger partial charge in [0.15, 0.2) is 0 Å². The second-order valence-corrected chi connectivity index (χ2v) is 12.2. The number of nitrogens with one attached hydrogen (secondary N) is 2. The minimum absolute atomic E-state index is 0.0649. The molecule has 1 aliphatic rings. The van der Waals surface area contributed by atoms with Crippen molar-refractivity contribution in [2.24, 2.45) is 0 Å². The fraction of sp³-hybridized carbons (Fsp3) is 0.632. The van der Waals surface area contributed by atoms with Gasteiger partial charge in [0.2, 0.25) is 26.0 Å². The lowest BCUT2D eigenvalue weighted by molar-refractivity contribution is -0.122. The number of amides is 1. The number of sulfonamides is 2. The summed E-state index contributed by atoms with van der Waals surface area (Å²) in [6.07, 6.45) is 1.75. The van der Waals surface area contributed by atoms with Gasteiger partial charge in [0.25, 0.3) is 0 Å². The summed E-state index contributed by atoms with van der Waals surface area (Å²) in [4.78, 5) is 12.7. The van der Waals surface area contributed by atoms with Crippen LogP contribution in [0.3, 0.4) is 0 Å². The third kappa shape index (κ3) is 8.03. The van der Waals surface area contributed by atoms with Crippen molar-refractivity contribution < 1.29 is 26.4 Å². The number of hydrogen-bond donors (Lipinski definition) is 2. The quantitative estimate of drug-likeness (QED) is 0.464. The van der Waals surface area contributed by atoms with Gasteiger partial charge in [0.1, 0.15) is 6.04 Å². The lowest BCUT2D eigenvalue weighted by atomic mass is 10.2. The zero-order valence-electron chi connectivity index (χ0n) is 18.0. The normalized spacial score (nSPS) is 21.5. The summed E-state index contributed by atoms with van der Waals surface area (Å²) < 4.78 is 59.8. The molecule has 1 aromatic rings.